The summed E-state index contributed by atoms with van der Waals surface area (Å²) in [5.74, 6) is -0.588. The van der Waals surface area contributed by atoms with Gasteiger partial charge in [-0.05, 0) is 72.7 Å². The minimum atomic E-state index is -0.994. The Hall–Kier alpha value is -3.79. The Balaban J connectivity index is 1.22. The van der Waals surface area contributed by atoms with Crippen molar-refractivity contribution in [1.29, 1.82) is 0 Å². The normalized spacial score (nSPS) is 20.9. The van der Waals surface area contributed by atoms with Crippen LogP contribution in [-0.4, -0.2) is 59.8 Å². The number of benzene rings is 2. The van der Waals surface area contributed by atoms with Crippen molar-refractivity contribution in [2.75, 3.05) is 25.3 Å². The summed E-state index contributed by atoms with van der Waals surface area (Å²) in [5, 5.41) is 15.3. The number of rotatable bonds is 8. The molecule has 0 aliphatic carbocycles. The minimum absolute atomic E-state index is 0.450. The average Bonchev–Trinajstić information content (AvgIpc) is 3.62. The molecule has 3 aromatic rings. The van der Waals surface area contributed by atoms with Crippen LogP contribution in [0.3, 0.4) is 0 Å². The zero-order valence-electron chi connectivity index (χ0n) is 23.7. The first kappa shape index (κ1) is 27.4. The zero-order chi connectivity index (χ0) is 28.5. The second-order valence-corrected chi connectivity index (χ2v) is 11.0. The van der Waals surface area contributed by atoms with Crippen LogP contribution in [0, 0.1) is 19.8 Å². The molecule has 214 valence electrons. The lowest BCUT2D eigenvalue weighted by atomic mass is 10.0. The first-order valence-electron chi connectivity index (χ1n) is 14.1. The topological polar surface area (TPSA) is 96.7 Å². The number of carbonyl (C=O) groups is 1. The second-order valence-electron chi connectivity index (χ2n) is 11.0. The summed E-state index contributed by atoms with van der Waals surface area (Å²) in [4.78, 5) is 19.1. The fourth-order valence-corrected chi connectivity index (χ4v) is 6.17. The Bertz CT molecular complexity index is 1470. The molecule has 2 atom stereocenters. The Morgan fingerprint density at radius 3 is 2.66 bits per heavy atom. The van der Waals surface area contributed by atoms with Crippen LogP contribution in [0.15, 0.2) is 53.6 Å². The summed E-state index contributed by atoms with van der Waals surface area (Å²) >= 11 is 0. The molecule has 1 saturated heterocycles. The maximum Gasteiger partial charge on any atom is 0.316 e. The number of pyridine rings is 1. The number of aromatic nitrogens is 1. The summed E-state index contributed by atoms with van der Waals surface area (Å²) in [5.41, 5.74) is 7.89. The molecular formula is C32H36N4O5. The van der Waals surface area contributed by atoms with E-state index in [0.717, 1.165) is 61.6 Å². The van der Waals surface area contributed by atoms with E-state index in [2.05, 4.69) is 29.1 Å². The molecule has 0 amide bonds. The van der Waals surface area contributed by atoms with Gasteiger partial charge in [0.15, 0.2) is 12.0 Å². The van der Waals surface area contributed by atoms with Gasteiger partial charge in [-0.1, -0.05) is 30.3 Å². The SMILES string of the molecule is COC1C(C(=O)O)C=NN1c1cccc(-c2cccc(C)c2OCc2cc(C)c3c(c2)CN(C2CCOCC2)C3)n1. The van der Waals surface area contributed by atoms with E-state index in [-0.39, 0.29) is 0 Å². The first-order valence-corrected chi connectivity index (χ1v) is 14.1. The summed E-state index contributed by atoms with van der Waals surface area (Å²) in [6.45, 7) is 8.38. The molecule has 9 nitrogen and oxygen atoms in total. The lowest BCUT2D eigenvalue weighted by molar-refractivity contribution is -0.142. The smallest absolute Gasteiger partial charge is 0.316 e. The standard InChI is InChI=1S/C32H36N4O5/c1-20-6-4-7-25(28-8-5-9-29(34-28)36-31(39-3)26(16-33-36)32(37)38)30(20)41-19-22-14-21(2)27-18-35(17-23(27)15-22)24-10-12-40-13-11-24/h4-9,14-16,24,26,31H,10-13,17-19H2,1-3H3,(H,37,38). The Morgan fingerprint density at radius 2 is 1.88 bits per heavy atom. The molecule has 4 heterocycles. The number of aliphatic carboxylic acids is 1. The van der Waals surface area contributed by atoms with Crippen LogP contribution in [0.1, 0.15) is 40.7 Å². The Kier molecular flexibility index (Phi) is 7.75. The van der Waals surface area contributed by atoms with E-state index in [1.54, 1.807) is 6.07 Å². The molecule has 9 heteroatoms. The van der Waals surface area contributed by atoms with Crippen molar-refractivity contribution >= 4 is 18.0 Å². The second kappa shape index (κ2) is 11.6. The van der Waals surface area contributed by atoms with E-state index >= 15 is 0 Å². The van der Waals surface area contributed by atoms with Crippen LogP contribution < -0.4 is 9.75 Å². The number of hydrogen-bond acceptors (Lipinski definition) is 8. The van der Waals surface area contributed by atoms with Gasteiger partial charge in [0.05, 0.1) is 5.69 Å². The lowest BCUT2D eigenvalue weighted by Gasteiger charge is -2.30. The maximum absolute atomic E-state index is 11.6. The number of carboxylic acids is 1. The van der Waals surface area contributed by atoms with Crippen molar-refractivity contribution in [3.63, 3.8) is 0 Å². The molecule has 3 aliphatic heterocycles. The van der Waals surface area contributed by atoms with Crippen LogP contribution >= 0.6 is 0 Å². The van der Waals surface area contributed by atoms with Crippen molar-refractivity contribution in [3.05, 3.63) is 76.3 Å². The third kappa shape index (κ3) is 5.45. The summed E-state index contributed by atoms with van der Waals surface area (Å²) in [7, 11) is 1.47. The summed E-state index contributed by atoms with van der Waals surface area (Å²) in [6, 6.07) is 16.8. The molecule has 0 saturated carbocycles. The van der Waals surface area contributed by atoms with Crippen molar-refractivity contribution in [3.8, 4) is 17.0 Å². The van der Waals surface area contributed by atoms with E-state index in [1.165, 1.54) is 35.0 Å². The fourth-order valence-electron chi connectivity index (χ4n) is 6.17. The minimum Gasteiger partial charge on any atom is -0.488 e. The van der Waals surface area contributed by atoms with E-state index in [4.69, 9.17) is 19.2 Å². The molecule has 41 heavy (non-hydrogen) atoms. The Morgan fingerprint density at radius 1 is 1.07 bits per heavy atom. The van der Waals surface area contributed by atoms with E-state index < -0.39 is 18.1 Å². The van der Waals surface area contributed by atoms with Gasteiger partial charge in [-0.15, -0.1) is 0 Å². The summed E-state index contributed by atoms with van der Waals surface area (Å²) in [6.07, 6.45) is 2.82. The molecule has 1 N–H and O–H groups in total. The largest absolute Gasteiger partial charge is 0.488 e. The molecule has 3 aliphatic rings. The van der Waals surface area contributed by atoms with Gasteiger partial charge in [-0.2, -0.15) is 5.10 Å². The van der Waals surface area contributed by atoms with E-state index in [0.29, 0.717) is 24.2 Å². The molecule has 1 aromatic heterocycles. The number of ether oxygens (including phenoxy) is 3. The van der Waals surface area contributed by atoms with Crippen LogP contribution in [0.2, 0.25) is 0 Å². The lowest BCUT2D eigenvalue weighted by Crippen LogP contribution is -2.38. The van der Waals surface area contributed by atoms with Crippen LogP contribution in [0.5, 0.6) is 5.75 Å². The Labute approximate surface area is 240 Å². The quantitative estimate of drug-likeness (QED) is 0.418. The van der Waals surface area contributed by atoms with Crippen molar-refractivity contribution < 1.29 is 24.1 Å². The summed E-state index contributed by atoms with van der Waals surface area (Å²) < 4.78 is 17.5. The average molecular weight is 557 g/mol. The van der Waals surface area contributed by atoms with Gasteiger partial charge in [0.1, 0.15) is 18.3 Å². The highest BCUT2D eigenvalue weighted by molar-refractivity contribution is 5.92. The van der Waals surface area contributed by atoms with Gasteiger partial charge in [0.2, 0.25) is 0 Å². The molecule has 1 fully saturated rings. The molecule has 6 rings (SSSR count). The maximum atomic E-state index is 11.6. The predicted octanol–water partition coefficient (Wildman–Crippen LogP) is 4.92. The predicted molar refractivity (Wildman–Crippen MR) is 156 cm³/mol. The third-order valence-corrected chi connectivity index (χ3v) is 8.33. The van der Waals surface area contributed by atoms with Gasteiger partial charge in [-0.25, -0.2) is 9.99 Å². The number of para-hydroxylation sites is 1. The van der Waals surface area contributed by atoms with Crippen LogP contribution in [0.25, 0.3) is 11.3 Å². The molecule has 0 spiro atoms. The van der Waals surface area contributed by atoms with Crippen LogP contribution in [0.4, 0.5) is 5.82 Å². The number of methoxy groups -OCH3 is 1. The molecule has 2 unspecified atom stereocenters. The monoisotopic (exact) mass is 556 g/mol. The van der Waals surface area contributed by atoms with Crippen molar-refractivity contribution in [2.45, 2.75) is 58.7 Å². The van der Waals surface area contributed by atoms with Gasteiger partial charge >= 0.3 is 5.97 Å². The van der Waals surface area contributed by atoms with Gasteiger partial charge in [0, 0.05) is 51.2 Å². The van der Waals surface area contributed by atoms with Crippen molar-refractivity contribution in [2.24, 2.45) is 11.0 Å². The van der Waals surface area contributed by atoms with Gasteiger partial charge in [-0.3, -0.25) is 9.69 Å². The van der Waals surface area contributed by atoms with E-state index in [9.17, 15) is 9.90 Å². The number of anilines is 1. The number of carboxylic acid groups (broad SMARTS) is 1. The van der Waals surface area contributed by atoms with Gasteiger partial charge < -0.3 is 19.3 Å². The highest BCUT2D eigenvalue weighted by atomic mass is 16.5. The molecular weight excluding hydrogens is 520 g/mol. The first-order chi connectivity index (χ1) is 19.9. The highest BCUT2D eigenvalue weighted by Crippen LogP contribution is 2.36. The third-order valence-electron chi connectivity index (χ3n) is 8.33. The fraction of sp³-hybridized carbons (Fsp3) is 0.406. The number of nitrogens with zero attached hydrogens (tertiary/aromatic N) is 4. The zero-order valence-corrected chi connectivity index (χ0v) is 23.7. The highest BCUT2D eigenvalue weighted by Gasteiger charge is 2.38. The van der Waals surface area contributed by atoms with E-state index in [1.807, 2.05) is 37.3 Å². The van der Waals surface area contributed by atoms with Crippen molar-refractivity contribution in [1.82, 2.24) is 9.88 Å². The number of hydrazone groups is 1. The number of aryl methyl sites for hydroxylation is 2. The number of hydrogen-bond donors (Lipinski definition) is 1. The molecule has 0 radical (unpaired) electrons. The molecule has 2 aromatic carbocycles. The molecule has 0 bridgehead atoms. The number of fused-ring (bicyclic) bond motifs is 1. The van der Waals surface area contributed by atoms with Crippen LogP contribution in [-0.2, 0) is 34.0 Å². The van der Waals surface area contributed by atoms with Gasteiger partial charge in [0.25, 0.3) is 0 Å².